The molecule has 2 rings (SSSR count). The van der Waals surface area contributed by atoms with Crippen LogP contribution in [0.2, 0.25) is 0 Å². The van der Waals surface area contributed by atoms with Crippen LogP contribution in [0.1, 0.15) is 12.5 Å². The lowest BCUT2D eigenvalue weighted by molar-refractivity contribution is 0.311. The Morgan fingerprint density at radius 1 is 1.12 bits per heavy atom. The molecule has 7 heteroatoms. The molecule has 2 aromatic carbocycles. The standard InChI is InChI=1S/C19H23F2N3O2/c1-4-26-18-12-13(8-9-17(18)25-3)24-19(22-2)23-11-10-14-15(20)6-5-7-16(14)21/h5-9,12H,4,10-11H2,1-3H3,(H2,22,23,24). The van der Waals surface area contributed by atoms with E-state index in [0.717, 1.165) is 5.69 Å². The number of nitrogens with one attached hydrogen (secondary N) is 2. The average molecular weight is 363 g/mol. The Morgan fingerprint density at radius 3 is 2.46 bits per heavy atom. The highest BCUT2D eigenvalue weighted by Gasteiger charge is 2.09. The van der Waals surface area contributed by atoms with Crippen LogP contribution in [0.3, 0.4) is 0 Å². The second kappa shape index (κ2) is 9.60. The normalized spacial score (nSPS) is 11.2. The smallest absolute Gasteiger partial charge is 0.195 e. The molecule has 0 radical (unpaired) electrons. The van der Waals surface area contributed by atoms with Crippen LogP contribution in [0, 0.1) is 11.6 Å². The van der Waals surface area contributed by atoms with Crippen LogP contribution in [0.4, 0.5) is 14.5 Å². The molecule has 140 valence electrons. The molecule has 5 nitrogen and oxygen atoms in total. The van der Waals surface area contributed by atoms with Gasteiger partial charge in [0, 0.05) is 30.9 Å². The maximum absolute atomic E-state index is 13.7. The third-order valence-electron chi connectivity index (χ3n) is 3.68. The van der Waals surface area contributed by atoms with Crippen molar-refractivity contribution in [3.8, 4) is 11.5 Å². The summed E-state index contributed by atoms with van der Waals surface area (Å²) >= 11 is 0. The first-order valence-electron chi connectivity index (χ1n) is 8.30. The van der Waals surface area contributed by atoms with Gasteiger partial charge in [0.2, 0.25) is 0 Å². The summed E-state index contributed by atoms with van der Waals surface area (Å²) in [4.78, 5) is 4.11. The highest BCUT2D eigenvalue weighted by molar-refractivity contribution is 5.93. The first-order chi connectivity index (χ1) is 12.6. The van der Waals surface area contributed by atoms with E-state index >= 15 is 0 Å². The van der Waals surface area contributed by atoms with Crippen molar-refractivity contribution < 1.29 is 18.3 Å². The van der Waals surface area contributed by atoms with Crippen LogP contribution in [0.15, 0.2) is 41.4 Å². The van der Waals surface area contributed by atoms with Crippen molar-refractivity contribution in [2.24, 2.45) is 4.99 Å². The van der Waals surface area contributed by atoms with Gasteiger partial charge in [-0.3, -0.25) is 4.99 Å². The van der Waals surface area contributed by atoms with Crippen LogP contribution >= 0.6 is 0 Å². The molecule has 0 aromatic heterocycles. The van der Waals surface area contributed by atoms with E-state index in [1.54, 1.807) is 26.3 Å². The molecule has 0 bridgehead atoms. The summed E-state index contributed by atoms with van der Waals surface area (Å²) in [5.41, 5.74) is 0.804. The number of rotatable bonds is 7. The van der Waals surface area contributed by atoms with Crippen molar-refractivity contribution in [2.75, 3.05) is 32.6 Å². The first kappa shape index (κ1) is 19.5. The molecule has 0 saturated carbocycles. The van der Waals surface area contributed by atoms with E-state index in [0.29, 0.717) is 30.6 Å². The maximum Gasteiger partial charge on any atom is 0.195 e. The summed E-state index contributed by atoms with van der Waals surface area (Å²) in [6.45, 7) is 2.73. The van der Waals surface area contributed by atoms with Gasteiger partial charge >= 0.3 is 0 Å². The van der Waals surface area contributed by atoms with Gasteiger partial charge < -0.3 is 20.1 Å². The second-order valence-electron chi connectivity index (χ2n) is 5.37. The predicted octanol–water partition coefficient (Wildman–Crippen LogP) is 3.60. The van der Waals surface area contributed by atoms with E-state index in [2.05, 4.69) is 15.6 Å². The number of benzene rings is 2. The Morgan fingerprint density at radius 2 is 1.85 bits per heavy atom. The van der Waals surface area contributed by atoms with Gasteiger partial charge in [0.15, 0.2) is 17.5 Å². The van der Waals surface area contributed by atoms with Gasteiger partial charge in [-0.2, -0.15) is 0 Å². The summed E-state index contributed by atoms with van der Waals surface area (Å²) in [6.07, 6.45) is 0.200. The van der Waals surface area contributed by atoms with E-state index in [-0.39, 0.29) is 12.0 Å². The highest BCUT2D eigenvalue weighted by atomic mass is 19.1. The lowest BCUT2D eigenvalue weighted by atomic mass is 10.1. The summed E-state index contributed by atoms with van der Waals surface area (Å²) in [5.74, 6) is 0.631. The minimum absolute atomic E-state index is 0.0542. The fourth-order valence-electron chi connectivity index (χ4n) is 2.42. The molecule has 0 aliphatic carbocycles. The van der Waals surface area contributed by atoms with Crippen LogP contribution < -0.4 is 20.1 Å². The average Bonchev–Trinajstić information content (AvgIpc) is 2.63. The van der Waals surface area contributed by atoms with Gasteiger partial charge in [-0.1, -0.05) is 6.07 Å². The van der Waals surface area contributed by atoms with Gasteiger partial charge in [0.25, 0.3) is 0 Å². The molecule has 0 heterocycles. The van der Waals surface area contributed by atoms with Crippen LogP contribution in [0.25, 0.3) is 0 Å². The number of aliphatic imine (C=N–C) groups is 1. The minimum atomic E-state index is -0.550. The van der Waals surface area contributed by atoms with E-state index in [4.69, 9.17) is 9.47 Å². The van der Waals surface area contributed by atoms with Gasteiger partial charge in [-0.15, -0.1) is 0 Å². The Balaban J connectivity index is 1.98. The summed E-state index contributed by atoms with van der Waals surface area (Å²) in [5, 5.41) is 6.14. The van der Waals surface area contributed by atoms with Crippen molar-refractivity contribution in [1.29, 1.82) is 0 Å². The number of hydrogen-bond donors (Lipinski definition) is 2. The number of guanidine groups is 1. The van der Waals surface area contributed by atoms with Crippen molar-refractivity contribution in [1.82, 2.24) is 5.32 Å². The van der Waals surface area contributed by atoms with Gasteiger partial charge in [-0.05, 0) is 37.6 Å². The molecular formula is C19H23F2N3O2. The number of ether oxygens (including phenoxy) is 2. The zero-order valence-electron chi connectivity index (χ0n) is 15.1. The molecule has 2 N–H and O–H groups in total. The molecule has 26 heavy (non-hydrogen) atoms. The number of halogens is 2. The molecule has 0 aliphatic rings. The number of anilines is 1. The van der Waals surface area contributed by atoms with Crippen molar-refractivity contribution in [3.63, 3.8) is 0 Å². The lowest BCUT2D eigenvalue weighted by Gasteiger charge is -2.15. The zero-order valence-corrected chi connectivity index (χ0v) is 15.1. The Bertz CT molecular complexity index is 746. The molecule has 0 spiro atoms. The van der Waals surface area contributed by atoms with Crippen LogP contribution in [0.5, 0.6) is 11.5 Å². The summed E-state index contributed by atoms with van der Waals surface area (Å²) in [7, 11) is 3.19. The fourth-order valence-corrected chi connectivity index (χ4v) is 2.42. The molecule has 0 amide bonds. The number of hydrogen-bond acceptors (Lipinski definition) is 3. The Labute approximate surface area is 152 Å². The van der Waals surface area contributed by atoms with Crippen molar-refractivity contribution >= 4 is 11.6 Å². The van der Waals surface area contributed by atoms with E-state index < -0.39 is 11.6 Å². The van der Waals surface area contributed by atoms with Crippen LogP contribution in [-0.4, -0.2) is 33.3 Å². The largest absolute Gasteiger partial charge is 0.493 e. The molecule has 2 aromatic rings. The first-order valence-corrected chi connectivity index (χ1v) is 8.30. The monoisotopic (exact) mass is 363 g/mol. The van der Waals surface area contributed by atoms with Crippen molar-refractivity contribution in [2.45, 2.75) is 13.3 Å². The topological polar surface area (TPSA) is 54.9 Å². The van der Waals surface area contributed by atoms with Gasteiger partial charge in [0.05, 0.1) is 13.7 Å². The molecule has 0 fully saturated rings. The number of nitrogens with zero attached hydrogens (tertiary/aromatic N) is 1. The third-order valence-corrected chi connectivity index (χ3v) is 3.68. The number of methoxy groups -OCH3 is 1. The molecule has 0 aliphatic heterocycles. The van der Waals surface area contributed by atoms with E-state index in [9.17, 15) is 8.78 Å². The molecule has 0 unspecified atom stereocenters. The van der Waals surface area contributed by atoms with E-state index in [1.165, 1.54) is 18.2 Å². The Kier molecular flexibility index (Phi) is 7.20. The molecule has 0 saturated heterocycles. The molecular weight excluding hydrogens is 340 g/mol. The van der Waals surface area contributed by atoms with Crippen LogP contribution in [-0.2, 0) is 6.42 Å². The Hall–Kier alpha value is -2.83. The maximum atomic E-state index is 13.7. The summed E-state index contributed by atoms with van der Waals surface area (Å²) < 4.78 is 38.1. The second-order valence-corrected chi connectivity index (χ2v) is 5.37. The van der Waals surface area contributed by atoms with Gasteiger partial charge in [0.1, 0.15) is 11.6 Å². The van der Waals surface area contributed by atoms with Gasteiger partial charge in [-0.25, -0.2) is 8.78 Å². The minimum Gasteiger partial charge on any atom is -0.493 e. The summed E-state index contributed by atoms with van der Waals surface area (Å²) in [6, 6.07) is 9.25. The SMILES string of the molecule is CCOc1cc(NC(=NC)NCCc2c(F)cccc2F)ccc1OC. The lowest BCUT2D eigenvalue weighted by Crippen LogP contribution is -2.32. The predicted molar refractivity (Wildman–Crippen MR) is 99.2 cm³/mol. The molecule has 0 atom stereocenters. The quantitative estimate of drug-likeness (QED) is 0.583. The third kappa shape index (κ3) is 5.08. The van der Waals surface area contributed by atoms with E-state index in [1.807, 2.05) is 13.0 Å². The highest BCUT2D eigenvalue weighted by Crippen LogP contribution is 2.30. The van der Waals surface area contributed by atoms with Crippen molar-refractivity contribution in [3.05, 3.63) is 53.6 Å². The fraction of sp³-hybridized carbons (Fsp3) is 0.316. The zero-order chi connectivity index (χ0) is 18.9.